The van der Waals surface area contributed by atoms with Crippen LogP contribution in [-0.2, 0) is 0 Å². The molecular formula is C15H16Cl2N2. The van der Waals surface area contributed by atoms with Crippen LogP contribution in [-0.4, -0.2) is 11.7 Å². The van der Waals surface area contributed by atoms with Crippen molar-refractivity contribution in [1.82, 2.24) is 0 Å². The molecule has 0 saturated heterocycles. The van der Waals surface area contributed by atoms with Gasteiger partial charge in [0.15, 0.2) is 5.17 Å². The van der Waals surface area contributed by atoms with Crippen molar-refractivity contribution >= 4 is 39.7 Å². The zero-order valence-electron chi connectivity index (χ0n) is 11.0. The van der Waals surface area contributed by atoms with E-state index in [1.165, 1.54) is 0 Å². The first-order valence-corrected chi connectivity index (χ1v) is 7.39. The van der Waals surface area contributed by atoms with E-state index in [0.717, 1.165) is 35.1 Å². The van der Waals surface area contributed by atoms with Crippen LogP contribution in [0, 0.1) is 11.8 Å². The molecule has 0 bridgehead atoms. The van der Waals surface area contributed by atoms with Gasteiger partial charge < -0.3 is 4.90 Å². The van der Waals surface area contributed by atoms with Crippen molar-refractivity contribution in [2.75, 3.05) is 11.4 Å². The van der Waals surface area contributed by atoms with Crippen molar-refractivity contribution in [3.63, 3.8) is 0 Å². The van der Waals surface area contributed by atoms with Crippen molar-refractivity contribution < 1.29 is 0 Å². The summed E-state index contributed by atoms with van der Waals surface area (Å²) in [5, 5.41) is 1.32. The molecule has 4 heteroatoms. The fraction of sp³-hybridized carbons (Fsp3) is 0.400. The van der Waals surface area contributed by atoms with Gasteiger partial charge in [0.25, 0.3) is 0 Å². The lowest BCUT2D eigenvalue weighted by Crippen LogP contribution is -2.38. The van der Waals surface area contributed by atoms with Gasteiger partial charge in [-0.05, 0) is 36.5 Å². The van der Waals surface area contributed by atoms with Gasteiger partial charge in [-0.3, -0.25) is 0 Å². The minimum atomic E-state index is 0.566. The summed E-state index contributed by atoms with van der Waals surface area (Å²) in [6.07, 6.45) is 3.38. The predicted octanol–water partition coefficient (Wildman–Crippen LogP) is 4.99. The molecule has 0 N–H and O–H groups in total. The van der Waals surface area contributed by atoms with E-state index in [-0.39, 0.29) is 0 Å². The number of benzene rings is 1. The van der Waals surface area contributed by atoms with E-state index in [2.05, 4.69) is 29.8 Å². The first kappa shape index (κ1) is 13.0. The van der Waals surface area contributed by atoms with Crippen LogP contribution in [0.5, 0.6) is 0 Å². The molecular weight excluding hydrogens is 279 g/mol. The van der Waals surface area contributed by atoms with Crippen molar-refractivity contribution in [2.24, 2.45) is 16.8 Å². The summed E-state index contributed by atoms with van der Waals surface area (Å²) >= 11 is 12.4. The summed E-state index contributed by atoms with van der Waals surface area (Å²) in [6, 6.07) is 5.74. The summed E-state index contributed by atoms with van der Waals surface area (Å²) in [4.78, 5) is 6.72. The fourth-order valence-corrected chi connectivity index (χ4v) is 3.30. The third-order valence-electron chi connectivity index (χ3n) is 3.99. The van der Waals surface area contributed by atoms with Crippen molar-refractivity contribution in [1.29, 1.82) is 0 Å². The number of anilines is 1. The maximum absolute atomic E-state index is 6.33. The van der Waals surface area contributed by atoms with E-state index < -0.39 is 0 Å². The van der Waals surface area contributed by atoms with Gasteiger partial charge in [0.05, 0.1) is 17.1 Å². The van der Waals surface area contributed by atoms with Crippen LogP contribution in [0.1, 0.15) is 20.3 Å². The first-order valence-electron chi connectivity index (χ1n) is 6.63. The number of aliphatic imine (C=N–C) groups is 1. The number of hydrogen-bond acceptors (Lipinski definition) is 2. The van der Waals surface area contributed by atoms with Crippen LogP contribution in [0.15, 0.2) is 35.0 Å². The Morgan fingerprint density at radius 2 is 2.16 bits per heavy atom. The van der Waals surface area contributed by atoms with E-state index in [1.807, 2.05) is 18.2 Å². The monoisotopic (exact) mass is 294 g/mol. The average Bonchev–Trinajstić information content (AvgIpc) is 2.39. The molecule has 0 aromatic heterocycles. The Kier molecular flexibility index (Phi) is 3.32. The van der Waals surface area contributed by atoms with Gasteiger partial charge in [0, 0.05) is 11.6 Å². The summed E-state index contributed by atoms with van der Waals surface area (Å²) in [6.45, 7) is 5.46. The third kappa shape index (κ3) is 2.17. The second-order valence-corrected chi connectivity index (χ2v) is 6.04. The number of rotatable bonds is 1. The molecule has 2 atom stereocenters. The molecule has 2 aliphatic heterocycles. The van der Waals surface area contributed by atoms with E-state index in [4.69, 9.17) is 23.2 Å². The van der Waals surface area contributed by atoms with E-state index in [9.17, 15) is 0 Å². The smallest absolute Gasteiger partial charge is 0.153 e. The molecule has 1 aromatic rings. The highest BCUT2D eigenvalue weighted by atomic mass is 35.5. The number of allylic oxidation sites excluding steroid dienone is 2. The molecule has 0 fully saturated rings. The Labute approximate surface area is 123 Å². The molecule has 0 spiro atoms. The molecule has 0 saturated carbocycles. The highest BCUT2D eigenvalue weighted by Crippen LogP contribution is 2.42. The van der Waals surface area contributed by atoms with Crippen molar-refractivity contribution in [3.05, 3.63) is 35.0 Å². The molecule has 2 nitrogen and oxygen atoms in total. The number of halogens is 2. The molecule has 3 rings (SSSR count). The summed E-state index contributed by atoms with van der Waals surface area (Å²) < 4.78 is 0. The van der Waals surface area contributed by atoms with Gasteiger partial charge in [-0.15, -0.1) is 0 Å². The van der Waals surface area contributed by atoms with E-state index in [0.29, 0.717) is 17.0 Å². The lowest BCUT2D eigenvalue weighted by Gasteiger charge is -2.39. The van der Waals surface area contributed by atoms with Crippen molar-refractivity contribution in [2.45, 2.75) is 20.3 Å². The van der Waals surface area contributed by atoms with Gasteiger partial charge in [-0.2, -0.15) is 0 Å². The van der Waals surface area contributed by atoms with Crippen LogP contribution in [0.25, 0.3) is 0 Å². The maximum Gasteiger partial charge on any atom is 0.153 e. The fourth-order valence-electron chi connectivity index (χ4n) is 2.88. The Bertz CT molecular complexity index is 578. The largest absolute Gasteiger partial charge is 0.337 e. The highest BCUT2D eigenvalue weighted by molar-refractivity contribution is 6.70. The van der Waals surface area contributed by atoms with Gasteiger partial charge in [0.2, 0.25) is 0 Å². The Hall–Kier alpha value is -0.990. The van der Waals surface area contributed by atoms with Gasteiger partial charge in [-0.1, -0.05) is 43.1 Å². The molecule has 0 amide bonds. The number of nitrogens with zero attached hydrogens (tertiary/aromatic N) is 2. The van der Waals surface area contributed by atoms with E-state index >= 15 is 0 Å². The third-order valence-corrected chi connectivity index (χ3v) is 4.51. The van der Waals surface area contributed by atoms with Crippen LogP contribution >= 0.6 is 23.2 Å². The minimum Gasteiger partial charge on any atom is -0.337 e. The molecule has 19 heavy (non-hydrogen) atoms. The van der Waals surface area contributed by atoms with Gasteiger partial charge in [-0.25, -0.2) is 4.99 Å². The van der Waals surface area contributed by atoms with E-state index in [1.54, 1.807) is 0 Å². The average molecular weight is 295 g/mol. The zero-order valence-corrected chi connectivity index (χ0v) is 12.5. The number of hydrogen-bond donors (Lipinski definition) is 0. The van der Waals surface area contributed by atoms with Crippen molar-refractivity contribution in [3.8, 4) is 0 Å². The summed E-state index contributed by atoms with van der Waals surface area (Å²) in [5.74, 6) is 1.17. The Balaban J connectivity index is 2.13. The minimum absolute atomic E-state index is 0.566. The molecule has 2 heterocycles. The Morgan fingerprint density at radius 1 is 1.37 bits per heavy atom. The molecule has 2 unspecified atom stereocenters. The van der Waals surface area contributed by atoms with Gasteiger partial charge in [0.1, 0.15) is 0 Å². The lowest BCUT2D eigenvalue weighted by molar-refractivity contribution is 0.404. The lowest BCUT2D eigenvalue weighted by atomic mass is 9.86. The van der Waals surface area contributed by atoms with Crippen LogP contribution in [0.4, 0.5) is 11.4 Å². The number of fused-ring (bicyclic) bond motifs is 3. The molecule has 2 aliphatic rings. The second-order valence-electron chi connectivity index (χ2n) is 5.25. The first-order chi connectivity index (χ1) is 9.10. The normalized spacial score (nSPS) is 25.4. The van der Waals surface area contributed by atoms with Gasteiger partial charge >= 0.3 is 0 Å². The quantitative estimate of drug-likeness (QED) is 0.712. The standard InChI is InChI=1S/C15H16Cl2N2/c1-3-10-6-14-15(17)18-12-5-4-11(16)7-13(12)19(14)8-9(10)2/h4-7,9-10H,3,8H2,1-2H3. The predicted molar refractivity (Wildman–Crippen MR) is 82.8 cm³/mol. The molecule has 100 valence electrons. The maximum atomic E-state index is 6.33. The molecule has 0 aliphatic carbocycles. The molecule has 1 aromatic carbocycles. The van der Waals surface area contributed by atoms with Crippen LogP contribution < -0.4 is 4.90 Å². The Morgan fingerprint density at radius 3 is 2.89 bits per heavy atom. The SMILES string of the molecule is CCC1C=C2C(Cl)=Nc3ccc(Cl)cc3N2CC1C. The molecule has 0 radical (unpaired) electrons. The topological polar surface area (TPSA) is 15.6 Å². The zero-order chi connectivity index (χ0) is 13.6. The highest BCUT2D eigenvalue weighted by Gasteiger charge is 2.31. The van der Waals surface area contributed by atoms with Crippen LogP contribution in [0.2, 0.25) is 5.02 Å². The summed E-state index contributed by atoms with van der Waals surface area (Å²) in [7, 11) is 0. The summed E-state index contributed by atoms with van der Waals surface area (Å²) in [5.41, 5.74) is 2.99. The second kappa shape index (κ2) is 4.84. The van der Waals surface area contributed by atoms with Crippen LogP contribution in [0.3, 0.4) is 0 Å².